The number of aromatic nitrogens is 1. The summed E-state index contributed by atoms with van der Waals surface area (Å²) in [4.78, 5) is 20.5. The van der Waals surface area contributed by atoms with Crippen LogP contribution in [0.5, 0.6) is 0 Å². The molecule has 1 aliphatic heterocycles. The van der Waals surface area contributed by atoms with Crippen molar-refractivity contribution >= 4 is 11.7 Å². The highest BCUT2D eigenvalue weighted by Gasteiger charge is 2.20. The lowest BCUT2D eigenvalue weighted by Crippen LogP contribution is -2.42. The molecule has 0 spiro atoms. The molecule has 1 aliphatic rings. The number of urea groups is 1. The van der Waals surface area contributed by atoms with Crippen LogP contribution < -0.4 is 10.2 Å². The molecular formula is C20H26N4O. The number of benzene rings is 1. The molecule has 1 fully saturated rings. The third-order valence-electron chi connectivity index (χ3n) is 4.79. The van der Waals surface area contributed by atoms with E-state index in [2.05, 4.69) is 27.3 Å². The van der Waals surface area contributed by atoms with Gasteiger partial charge in [-0.1, -0.05) is 30.3 Å². The van der Waals surface area contributed by atoms with Crippen LogP contribution in [0.1, 0.15) is 18.4 Å². The van der Waals surface area contributed by atoms with Crippen molar-refractivity contribution in [3.63, 3.8) is 0 Å². The Labute approximate surface area is 149 Å². The Morgan fingerprint density at radius 1 is 1.16 bits per heavy atom. The molecule has 0 atom stereocenters. The molecule has 3 rings (SSSR count). The molecule has 1 saturated heterocycles. The van der Waals surface area contributed by atoms with Gasteiger partial charge in [0.05, 0.1) is 0 Å². The van der Waals surface area contributed by atoms with Gasteiger partial charge in [-0.2, -0.15) is 0 Å². The first-order chi connectivity index (χ1) is 12.2. The quantitative estimate of drug-likeness (QED) is 0.911. The highest BCUT2D eigenvalue weighted by Crippen LogP contribution is 2.22. The van der Waals surface area contributed by atoms with Crippen LogP contribution in [0.3, 0.4) is 0 Å². The predicted molar refractivity (Wildman–Crippen MR) is 100 cm³/mol. The second-order valence-electron chi connectivity index (χ2n) is 6.66. The van der Waals surface area contributed by atoms with Crippen molar-refractivity contribution in [1.82, 2.24) is 15.2 Å². The Bertz CT molecular complexity index is 654. The van der Waals surface area contributed by atoms with Crippen LogP contribution >= 0.6 is 0 Å². The minimum atomic E-state index is 0.000386. The lowest BCUT2D eigenvalue weighted by Gasteiger charge is -2.33. The number of pyridine rings is 1. The zero-order valence-electron chi connectivity index (χ0n) is 14.8. The summed E-state index contributed by atoms with van der Waals surface area (Å²) in [5, 5.41) is 3.09. The van der Waals surface area contributed by atoms with E-state index in [1.54, 1.807) is 4.90 Å². The Hall–Kier alpha value is -2.56. The average molecular weight is 338 g/mol. The normalized spacial score (nSPS) is 15.0. The summed E-state index contributed by atoms with van der Waals surface area (Å²) >= 11 is 0. The smallest absolute Gasteiger partial charge is 0.317 e. The first-order valence-electron chi connectivity index (χ1n) is 8.90. The van der Waals surface area contributed by atoms with Crippen molar-refractivity contribution in [1.29, 1.82) is 0 Å². The van der Waals surface area contributed by atoms with E-state index >= 15 is 0 Å². The van der Waals surface area contributed by atoms with Crippen LogP contribution in [0.2, 0.25) is 0 Å². The van der Waals surface area contributed by atoms with Crippen LogP contribution in [0.25, 0.3) is 0 Å². The second-order valence-corrected chi connectivity index (χ2v) is 6.66. The molecule has 0 saturated carbocycles. The number of carbonyl (C=O) groups is 1. The van der Waals surface area contributed by atoms with Gasteiger partial charge >= 0.3 is 6.03 Å². The minimum Gasteiger partial charge on any atom is -0.371 e. The van der Waals surface area contributed by atoms with Crippen LogP contribution in [-0.4, -0.2) is 42.6 Å². The van der Waals surface area contributed by atoms with Crippen LogP contribution in [0.4, 0.5) is 10.5 Å². The van der Waals surface area contributed by atoms with Crippen LogP contribution in [0.15, 0.2) is 54.9 Å². The summed E-state index contributed by atoms with van der Waals surface area (Å²) in [7, 11) is 1.84. The third-order valence-corrected chi connectivity index (χ3v) is 4.79. The van der Waals surface area contributed by atoms with Gasteiger partial charge in [-0.05, 0) is 36.5 Å². The van der Waals surface area contributed by atoms with Crippen LogP contribution in [0, 0.1) is 5.92 Å². The summed E-state index contributed by atoms with van der Waals surface area (Å²) in [5.41, 5.74) is 2.38. The van der Waals surface area contributed by atoms with Gasteiger partial charge < -0.3 is 15.1 Å². The molecule has 0 unspecified atom stereocenters. The van der Waals surface area contributed by atoms with E-state index in [4.69, 9.17) is 0 Å². The monoisotopic (exact) mass is 338 g/mol. The number of rotatable bonds is 5. The van der Waals surface area contributed by atoms with Gasteiger partial charge in [-0.15, -0.1) is 0 Å². The average Bonchev–Trinajstić information content (AvgIpc) is 2.68. The Morgan fingerprint density at radius 3 is 2.52 bits per heavy atom. The third kappa shape index (κ3) is 4.95. The van der Waals surface area contributed by atoms with Crippen LogP contribution in [-0.2, 0) is 6.54 Å². The molecule has 2 heterocycles. The fourth-order valence-corrected chi connectivity index (χ4v) is 3.25. The summed E-state index contributed by atoms with van der Waals surface area (Å²) in [5.74, 6) is 0.548. The second kappa shape index (κ2) is 8.51. The molecule has 0 aliphatic carbocycles. The summed E-state index contributed by atoms with van der Waals surface area (Å²) in [6, 6.07) is 14.2. The first-order valence-corrected chi connectivity index (χ1v) is 8.90. The summed E-state index contributed by atoms with van der Waals surface area (Å²) in [6.45, 7) is 3.45. The number of nitrogens with one attached hydrogen (secondary N) is 1. The summed E-state index contributed by atoms with van der Waals surface area (Å²) < 4.78 is 0. The lowest BCUT2D eigenvalue weighted by molar-refractivity contribution is 0.203. The van der Waals surface area contributed by atoms with Gasteiger partial charge in [0, 0.05) is 51.3 Å². The number of hydrogen-bond donors (Lipinski definition) is 1. The molecule has 0 bridgehead atoms. The van der Waals surface area contributed by atoms with Gasteiger partial charge in [0.2, 0.25) is 0 Å². The Kier molecular flexibility index (Phi) is 5.88. The topological polar surface area (TPSA) is 48.5 Å². The Morgan fingerprint density at radius 2 is 1.84 bits per heavy atom. The maximum Gasteiger partial charge on any atom is 0.317 e. The highest BCUT2D eigenvalue weighted by atomic mass is 16.2. The van der Waals surface area contributed by atoms with Gasteiger partial charge in [0.15, 0.2) is 0 Å². The van der Waals surface area contributed by atoms with Gasteiger partial charge in [-0.3, -0.25) is 4.98 Å². The zero-order valence-corrected chi connectivity index (χ0v) is 14.8. The first kappa shape index (κ1) is 17.3. The number of piperidine rings is 1. The standard InChI is InChI=1S/C20H26N4O/c1-23(16-18-5-3-2-4-6-18)20(25)22-15-17-9-13-24(14-10-17)19-7-11-21-12-8-19/h2-8,11-12,17H,9-10,13-16H2,1H3,(H,22,25). The minimum absolute atomic E-state index is 0.000386. The Balaban J connectivity index is 1.40. The SMILES string of the molecule is CN(Cc1ccccc1)C(=O)NCC1CCN(c2ccncc2)CC1. The number of hydrogen-bond acceptors (Lipinski definition) is 3. The van der Waals surface area contributed by atoms with Gasteiger partial charge in [0.1, 0.15) is 0 Å². The van der Waals surface area contributed by atoms with E-state index in [-0.39, 0.29) is 6.03 Å². The van der Waals surface area contributed by atoms with E-state index < -0.39 is 0 Å². The molecule has 2 aromatic rings. The predicted octanol–water partition coefficient (Wildman–Crippen LogP) is 3.14. The number of carbonyl (C=O) groups excluding carboxylic acids is 1. The van der Waals surface area contributed by atoms with Crippen molar-refractivity contribution in [2.75, 3.05) is 31.6 Å². The number of anilines is 1. The number of amides is 2. The molecule has 132 valence electrons. The molecule has 5 nitrogen and oxygen atoms in total. The van der Waals surface area contributed by atoms with Crippen molar-refractivity contribution in [3.05, 3.63) is 60.4 Å². The van der Waals surface area contributed by atoms with Gasteiger partial charge in [0.25, 0.3) is 0 Å². The molecule has 1 aromatic heterocycles. The molecule has 25 heavy (non-hydrogen) atoms. The van der Waals surface area contributed by atoms with Crippen molar-refractivity contribution in [2.45, 2.75) is 19.4 Å². The van der Waals surface area contributed by atoms with E-state index in [1.165, 1.54) is 5.69 Å². The highest BCUT2D eigenvalue weighted by molar-refractivity contribution is 5.73. The molecule has 1 N–H and O–H groups in total. The maximum atomic E-state index is 12.3. The molecule has 1 aromatic carbocycles. The number of nitrogens with zero attached hydrogens (tertiary/aromatic N) is 3. The fraction of sp³-hybridized carbons (Fsp3) is 0.400. The summed E-state index contributed by atoms with van der Waals surface area (Å²) in [6.07, 6.45) is 5.88. The molecule has 2 amide bonds. The lowest BCUT2D eigenvalue weighted by atomic mass is 9.96. The van der Waals surface area contributed by atoms with E-state index in [1.807, 2.05) is 49.8 Å². The van der Waals surface area contributed by atoms with Crippen molar-refractivity contribution < 1.29 is 4.79 Å². The largest absolute Gasteiger partial charge is 0.371 e. The molecule has 0 radical (unpaired) electrons. The van der Waals surface area contributed by atoms with E-state index in [9.17, 15) is 4.79 Å². The van der Waals surface area contributed by atoms with Gasteiger partial charge in [-0.25, -0.2) is 4.79 Å². The molecule has 5 heteroatoms. The molecular weight excluding hydrogens is 312 g/mol. The van der Waals surface area contributed by atoms with Crippen molar-refractivity contribution in [3.8, 4) is 0 Å². The van der Waals surface area contributed by atoms with E-state index in [0.29, 0.717) is 12.5 Å². The van der Waals surface area contributed by atoms with E-state index in [0.717, 1.165) is 38.0 Å². The maximum absolute atomic E-state index is 12.3. The van der Waals surface area contributed by atoms with Crippen molar-refractivity contribution in [2.24, 2.45) is 5.92 Å². The zero-order chi connectivity index (χ0) is 17.5. The fourth-order valence-electron chi connectivity index (χ4n) is 3.25.